The zero-order valence-corrected chi connectivity index (χ0v) is 36.0. The molecule has 0 bridgehead atoms. The molecule has 312 valence electrons. The average molecular weight is 848 g/mol. The number of para-hydroxylation sites is 2. The van der Waals surface area contributed by atoms with E-state index in [1.54, 1.807) is 0 Å². The van der Waals surface area contributed by atoms with Crippen LogP contribution in [0.5, 0.6) is 0 Å². The van der Waals surface area contributed by atoms with Gasteiger partial charge in [0.15, 0.2) is 17.5 Å². The van der Waals surface area contributed by atoms with Crippen molar-refractivity contribution in [3.63, 3.8) is 0 Å². The molecule has 0 aliphatic heterocycles. The maximum absolute atomic E-state index is 6.59. The predicted octanol–water partition coefficient (Wildman–Crippen LogP) is 16.4. The van der Waals surface area contributed by atoms with Gasteiger partial charge in [-0.25, -0.2) is 15.0 Å². The normalized spacial score (nSPS) is 15.0. The number of fused-ring (bicyclic) bond motifs is 7. The van der Waals surface area contributed by atoms with Gasteiger partial charge < -0.3 is 8.83 Å². The van der Waals surface area contributed by atoms with Crippen LogP contribution in [0, 0.1) is 0 Å². The summed E-state index contributed by atoms with van der Waals surface area (Å²) in [5.74, 6) is 2.08. The van der Waals surface area contributed by atoms with Gasteiger partial charge in [-0.05, 0) is 105 Å². The highest BCUT2D eigenvalue weighted by Crippen LogP contribution is 2.44. The molecule has 5 nitrogen and oxygen atoms in total. The van der Waals surface area contributed by atoms with Gasteiger partial charge in [0.25, 0.3) is 0 Å². The summed E-state index contributed by atoms with van der Waals surface area (Å²) in [6.07, 6.45) is 16.5. The second kappa shape index (κ2) is 15.7. The van der Waals surface area contributed by atoms with Gasteiger partial charge in [0.2, 0.25) is 0 Å². The SMILES string of the molecule is C1=CC(c2nc(-c3cccc4c(C5=CCC(c6cc(-c7cccc(-c8ccccc8)c7)cc7oc8ccccc8c67)C=C5)cccc34)nc(-c3cccc4oc5ccccc5c34)n2)=CCC1. The minimum Gasteiger partial charge on any atom is -0.456 e. The van der Waals surface area contributed by atoms with Gasteiger partial charge in [0, 0.05) is 44.2 Å². The van der Waals surface area contributed by atoms with Gasteiger partial charge in [-0.15, -0.1) is 0 Å². The molecule has 0 N–H and O–H groups in total. The first-order chi connectivity index (χ1) is 32.7. The van der Waals surface area contributed by atoms with E-state index in [1.165, 1.54) is 38.8 Å². The molecule has 0 saturated carbocycles. The molecule has 66 heavy (non-hydrogen) atoms. The molecule has 2 aliphatic rings. The molecule has 8 aromatic carbocycles. The summed E-state index contributed by atoms with van der Waals surface area (Å²) in [5, 5.41) is 6.61. The number of hydrogen-bond acceptors (Lipinski definition) is 5. The van der Waals surface area contributed by atoms with Crippen LogP contribution in [0.25, 0.3) is 111 Å². The van der Waals surface area contributed by atoms with Crippen molar-refractivity contribution in [3.05, 3.63) is 223 Å². The Labute approximate surface area is 381 Å². The van der Waals surface area contributed by atoms with E-state index in [0.29, 0.717) is 17.5 Å². The molecule has 13 rings (SSSR count). The maximum Gasteiger partial charge on any atom is 0.164 e. The number of aromatic nitrogens is 3. The molecular weight excluding hydrogens is 807 g/mol. The number of hydrogen-bond donors (Lipinski definition) is 0. The first kappa shape index (κ1) is 38.1. The van der Waals surface area contributed by atoms with E-state index < -0.39 is 0 Å². The Hall–Kier alpha value is -8.41. The summed E-state index contributed by atoms with van der Waals surface area (Å²) in [6, 6.07) is 59.8. The second-order valence-electron chi connectivity index (χ2n) is 17.3. The zero-order valence-electron chi connectivity index (χ0n) is 36.0. The molecule has 3 heterocycles. The number of furan rings is 2. The molecular formula is C61H41N3O2. The Balaban J connectivity index is 0.897. The van der Waals surface area contributed by atoms with Crippen LogP contribution < -0.4 is 0 Å². The third-order valence-electron chi connectivity index (χ3n) is 13.3. The Kier molecular flexibility index (Phi) is 9.05. The number of allylic oxidation sites excluding steroid dienone is 8. The van der Waals surface area contributed by atoms with E-state index in [2.05, 4.69) is 170 Å². The topological polar surface area (TPSA) is 65.0 Å². The van der Waals surface area contributed by atoms with Crippen LogP contribution in [-0.4, -0.2) is 15.0 Å². The van der Waals surface area contributed by atoms with Crippen LogP contribution in [-0.2, 0) is 0 Å². The smallest absolute Gasteiger partial charge is 0.164 e. The lowest BCUT2D eigenvalue weighted by atomic mass is 9.84. The van der Waals surface area contributed by atoms with E-state index in [-0.39, 0.29) is 5.92 Å². The van der Waals surface area contributed by atoms with Crippen molar-refractivity contribution in [3.8, 4) is 45.0 Å². The van der Waals surface area contributed by atoms with Crippen LogP contribution in [0.3, 0.4) is 0 Å². The lowest BCUT2D eigenvalue weighted by Gasteiger charge is -2.20. The van der Waals surface area contributed by atoms with Crippen LogP contribution in [0.15, 0.2) is 215 Å². The Morgan fingerprint density at radius 2 is 1.00 bits per heavy atom. The fourth-order valence-electron chi connectivity index (χ4n) is 10.1. The third-order valence-corrected chi connectivity index (χ3v) is 13.3. The molecule has 0 spiro atoms. The highest BCUT2D eigenvalue weighted by Gasteiger charge is 2.23. The zero-order chi connectivity index (χ0) is 43.6. The lowest BCUT2D eigenvalue weighted by Crippen LogP contribution is -2.04. The van der Waals surface area contributed by atoms with E-state index >= 15 is 0 Å². The monoisotopic (exact) mass is 847 g/mol. The standard InChI is InChI=1S/C61H41N3O2/c1-3-15-38(16-4-1)42-19-11-20-43(35-42)44-36-52(58-50-22-8-10-29-54(50)66-56(58)37-44)40-33-31-39(32-34-40)45-23-12-25-47-46(45)24-13-26-48(47)60-62-59(41-17-5-2-6-18-41)63-61(64-60)51-27-14-30-55-57(51)49-21-7-9-28-53(49)65-55/h1,3-5,7-33,35-37,40H,2,6,34H2. The summed E-state index contributed by atoms with van der Waals surface area (Å²) < 4.78 is 12.9. The van der Waals surface area contributed by atoms with Crippen molar-refractivity contribution < 1.29 is 8.83 Å². The van der Waals surface area contributed by atoms with Gasteiger partial charge in [0.1, 0.15) is 22.3 Å². The summed E-state index contributed by atoms with van der Waals surface area (Å²) in [4.78, 5) is 15.6. The first-order valence-corrected chi connectivity index (χ1v) is 22.8. The quantitative estimate of drug-likeness (QED) is 0.160. The minimum atomic E-state index is 0.155. The van der Waals surface area contributed by atoms with Gasteiger partial charge in [-0.3, -0.25) is 0 Å². The van der Waals surface area contributed by atoms with Crippen LogP contribution in [0.1, 0.15) is 42.1 Å². The molecule has 5 heteroatoms. The molecule has 0 fully saturated rings. The molecule has 0 saturated heterocycles. The van der Waals surface area contributed by atoms with Crippen molar-refractivity contribution in [1.82, 2.24) is 15.0 Å². The highest BCUT2D eigenvalue weighted by molar-refractivity contribution is 6.12. The van der Waals surface area contributed by atoms with Crippen LogP contribution in [0.2, 0.25) is 0 Å². The molecule has 1 atom stereocenters. The second-order valence-corrected chi connectivity index (χ2v) is 17.3. The molecule has 0 radical (unpaired) electrons. The van der Waals surface area contributed by atoms with E-state index in [9.17, 15) is 0 Å². The van der Waals surface area contributed by atoms with Crippen molar-refractivity contribution in [2.45, 2.75) is 25.2 Å². The lowest BCUT2D eigenvalue weighted by molar-refractivity contribution is 0.668. The first-order valence-electron chi connectivity index (χ1n) is 22.8. The van der Waals surface area contributed by atoms with Gasteiger partial charge in [-0.2, -0.15) is 0 Å². The molecule has 11 aromatic rings. The van der Waals surface area contributed by atoms with Crippen molar-refractivity contribution >= 4 is 65.8 Å². The van der Waals surface area contributed by atoms with Gasteiger partial charge in [-0.1, -0.05) is 170 Å². The van der Waals surface area contributed by atoms with Crippen molar-refractivity contribution in [2.75, 3.05) is 0 Å². The summed E-state index contributed by atoms with van der Waals surface area (Å²) in [6.45, 7) is 0. The number of benzene rings is 8. The van der Waals surface area contributed by atoms with E-state index in [0.717, 1.165) is 90.8 Å². The number of rotatable bonds is 7. The molecule has 0 amide bonds. The van der Waals surface area contributed by atoms with Crippen LogP contribution >= 0.6 is 0 Å². The fraction of sp³-hybridized carbons (Fsp3) is 0.0656. The fourth-order valence-corrected chi connectivity index (χ4v) is 10.1. The largest absolute Gasteiger partial charge is 0.456 e. The van der Waals surface area contributed by atoms with Crippen LogP contribution in [0.4, 0.5) is 0 Å². The number of nitrogens with zero attached hydrogens (tertiary/aromatic N) is 3. The molecule has 3 aromatic heterocycles. The average Bonchev–Trinajstić information content (AvgIpc) is 3.97. The van der Waals surface area contributed by atoms with Gasteiger partial charge in [0.05, 0.1) is 0 Å². The molecule has 1 unspecified atom stereocenters. The Morgan fingerprint density at radius 3 is 1.77 bits per heavy atom. The van der Waals surface area contributed by atoms with Crippen molar-refractivity contribution in [1.29, 1.82) is 0 Å². The molecule has 2 aliphatic carbocycles. The maximum atomic E-state index is 6.59. The van der Waals surface area contributed by atoms with E-state index in [4.69, 9.17) is 23.8 Å². The summed E-state index contributed by atoms with van der Waals surface area (Å²) in [7, 11) is 0. The van der Waals surface area contributed by atoms with Crippen molar-refractivity contribution in [2.24, 2.45) is 0 Å². The highest BCUT2D eigenvalue weighted by atomic mass is 16.3. The van der Waals surface area contributed by atoms with Gasteiger partial charge >= 0.3 is 0 Å². The Morgan fingerprint density at radius 1 is 0.394 bits per heavy atom. The summed E-state index contributed by atoms with van der Waals surface area (Å²) >= 11 is 0. The Bertz CT molecular complexity index is 3860. The minimum absolute atomic E-state index is 0.155. The van der Waals surface area contributed by atoms with E-state index in [1.807, 2.05) is 36.4 Å². The predicted molar refractivity (Wildman–Crippen MR) is 271 cm³/mol. The summed E-state index contributed by atoms with van der Waals surface area (Å²) in [5.41, 5.74) is 14.7. The third kappa shape index (κ3) is 6.50.